The number of carbonyl (C=O) groups excluding carboxylic acids is 1. The van der Waals surface area contributed by atoms with E-state index in [2.05, 4.69) is 67.6 Å². The van der Waals surface area contributed by atoms with Crippen LogP contribution >= 0.6 is 0 Å². The molecule has 0 spiro atoms. The molecule has 0 heterocycles. The zero-order valence-corrected chi connectivity index (χ0v) is 20.9. The summed E-state index contributed by atoms with van der Waals surface area (Å²) >= 11 is 0. The van der Waals surface area contributed by atoms with Crippen LogP contribution in [0.1, 0.15) is 60.3 Å². The van der Waals surface area contributed by atoms with Crippen molar-refractivity contribution in [2.24, 2.45) is 0 Å². The number of fused-ring (bicyclic) bond motifs is 1. The first-order valence-electron chi connectivity index (χ1n) is 12.4. The van der Waals surface area contributed by atoms with Gasteiger partial charge in [0.05, 0.1) is 13.7 Å². The molecule has 1 amide bonds. The van der Waals surface area contributed by atoms with Crippen LogP contribution in [0.5, 0.6) is 11.5 Å². The lowest BCUT2D eigenvalue weighted by molar-refractivity contribution is -0.170. The topological polar surface area (TPSA) is 48.0 Å². The van der Waals surface area contributed by atoms with Gasteiger partial charge in [-0.3, -0.25) is 9.63 Å². The minimum Gasteiger partial charge on any atom is -0.494 e. The first-order chi connectivity index (χ1) is 17.1. The third-order valence-electron chi connectivity index (χ3n) is 6.80. The van der Waals surface area contributed by atoms with E-state index in [9.17, 15) is 4.79 Å². The van der Waals surface area contributed by atoms with Crippen LogP contribution in [-0.4, -0.2) is 38.3 Å². The Bertz CT molecular complexity index is 1100. The average molecular weight is 474 g/mol. The van der Waals surface area contributed by atoms with Crippen molar-refractivity contribution in [3.63, 3.8) is 0 Å². The molecule has 0 saturated heterocycles. The smallest absolute Gasteiger partial charge is 0.283 e. The van der Waals surface area contributed by atoms with E-state index in [-0.39, 0.29) is 18.4 Å². The molecule has 3 aromatic rings. The van der Waals surface area contributed by atoms with Crippen molar-refractivity contribution in [1.82, 2.24) is 5.06 Å². The van der Waals surface area contributed by atoms with E-state index in [1.165, 1.54) is 29.4 Å². The van der Waals surface area contributed by atoms with Gasteiger partial charge in [0, 0.05) is 13.0 Å². The maximum atomic E-state index is 12.0. The Morgan fingerprint density at radius 1 is 0.943 bits per heavy atom. The van der Waals surface area contributed by atoms with Crippen molar-refractivity contribution in [2.75, 3.05) is 27.4 Å². The van der Waals surface area contributed by atoms with Crippen molar-refractivity contribution in [2.45, 2.75) is 44.4 Å². The maximum absolute atomic E-state index is 12.0. The molecule has 0 bridgehead atoms. The van der Waals surface area contributed by atoms with E-state index >= 15 is 0 Å². The molecule has 0 N–H and O–H groups in total. The Kier molecular flexibility index (Phi) is 8.43. The van der Waals surface area contributed by atoms with Gasteiger partial charge in [-0.25, -0.2) is 5.06 Å². The molecule has 0 aliphatic heterocycles. The van der Waals surface area contributed by atoms with Crippen molar-refractivity contribution < 1.29 is 19.1 Å². The van der Waals surface area contributed by atoms with E-state index in [1.54, 1.807) is 7.05 Å². The van der Waals surface area contributed by atoms with Gasteiger partial charge in [0.1, 0.15) is 11.5 Å². The number of hydrogen-bond acceptors (Lipinski definition) is 4. The van der Waals surface area contributed by atoms with Gasteiger partial charge >= 0.3 is 0 Å². The predicted octanol–water partition coefficient (Wildman–Crippen LogP) is 6.13. The van der Waals surface area contributed by atoms with Gasteiger partial charge in [0.15, 0.2) is 6.61 Å². The summed E-state index contributed by atoms with van der Waals surface area (Å²) in [6.07, 6.45) is 4.31. The number of nitrogens with zero attached hydrogens (tertiary/aromatic N) is 1. The highest BCUT2D eigenvalue weighted by Crippen LogP contribution is 2.47. The van der Waals surface area contributed by atoms with Crippen molar-refractivity contribution in [3.8, 4) is 11.5 Å². The SMILES string of the molecule is CCCCOc1ccc2c(c1)CC[C@H](c1ccccc1)[C@@H]2c1ccc(OCC(=O)N(C)OC)cc1. The van der Waals surface area contributed by atoms with Crippen LogP contribution in [0.4, 0.5) is 0 Å². The molecule has 0 aromatic heterocycles. The number of rotatable bonds is 10. The molecule has 2 atom stereocenters. The van der Waals surface area contributed by atoms with Crippen LogP contribution in [0.25, 0.3) is 0 Å². The number of hydrogen-bond donors (Lipinski definition) is 0. The molecule has 0 fully saturated rings. The fourth-order valence-corrected chi connectivity index (χ4v) is 4.80. The molecule has 0 unspecified atom stereocenters. The van der Waals surface area contributed by atoms with Gasteiger partial charge < -0.3 is 9.47 Å². The maximum Gasteiger partial charge on any atom is 0.283 e. The molecular formula is C30H35NO4. The molecule has 0 saturated carbocycles. The molecule has 184 valence electrons. The molecular weight excluding hydrogens is 438 g/mol. The van der Waals surface area contributed by atoms with Gasteiger partial charge in [0.25, 0.3) is 5.91 Å². The largest absolute Gasteiger partial charge is 0.494 e. The molecule has 4 rings (SSSR count). The molecule has 1 aliphatic rings. The minimum absolute atomic E-state index is 0.0661. The lowest BCUT2D eigenvalue weighted by atomic mass is 9.69. The summed E-state index contributed by atoms with van der Waals surface area (Å²) in [5.41, 5.74) is 5.33. The highest BCUT2D eigenvalue weighted by atomic mass is 16.7. The molecule has 5 heteroatoms. The summed E-state index contributed by atoms with van der Waals surface area (Å²) in [4.78, 5) is 16.9. The van der Waals surface area contributed by atoms with Crippen molar-refractivity contribution in [3.05, 3.63) is 95.1 Å². The Labute approximate surface area is 208 Å². The van der Waals surface area contributed by atoms with Crippen LogP contribution < -0.4 is 9.47 Å². The lowest BCUT2D eigenvalue weighted by Crippen LogP contribution is -2.30. The molecule has 3 aromatic carbocycles. The number of benzene rings is 3. The van der Waals surface area contributed by atoms with Crippen molar-refractivity contribution >= 4 is 5.91 Å². The highest BCUT2D eigenvalue weighted by molar-refractivity contribution is 5.76. The van der Waals surface area contributed by atoms with Crippen molar-refractivity contribution in [1.29, 1.82) is 0 Å². The number of hydroxylamine groups is 2. The third kappa shape index (κ3) is 6.04. The molecule has 35 heavy (non-hydrogen) atoms. The fraction of sp³-hybridized carbons (Fsp3) is 0.367. The number of likely N-dealkylation sites (N-methyl/N-ethyl adjacent to an activating group) is 1. The number of unbranched alkanes of at least 4 members (excludes halogenated alkanes) is 1. The Balaban J connectivity index is 1.60. The first-order valence-corrected chi connectivity index (χ1v) is 12.4. The van der Waals surface area contributed by atoms with Crippen LogP contribution in [0.2, 0.25) is 0 Å². The predicted molar refractivity (Wildman–Crippen MR) is 138 cm³/mol. The first kappa shape index (κ1) is 24.8. The Morgan fingerprint density at radius 3 is 2.40 bits per heavy atom. The second-order valence-corrected chi connectivity index (χ2v) is 9.03. The van der Waals surface area contributed by atoms with Gasteiger partial charge in [-0.2, -0.15) is 0 Å². The van der Waals surface area contributed by atoms with Crippen LogP contribution in [0.15, 0.2) is 72.8 Å². The normalized spacial score (nSPS) is 16.9. The van der Waals surface area contributed by atoms with Crippen LogP contribution in [0.3, 0.4) is 0 Å². The van der Waals surface area contributed by atoms with E-state index in [0.717, 1.165) is 43.1 Å². The summed E-state index contributed by atoms with van der Waals surface area (Å²) in [5.74, 6) is 2.02. The number of ether oxygens (including phenoxy) is 2. The van der Waals surface area contributed by atoms with E-state index in [0.29, 0.717) is 11.7 Å². The molecule has 5 nitrogen and oxygen atoms in total. The Morgan fingerprint density at radius 2 is 1.69 bits per heavy atom. The summed E-state index contributed by atoms with van der Waals surface area (Å²) in [5, 5.41) is 1.16. The van der Waals surface area contributed by atoms with E-state index in [4.69, 9.17) is 14.3 Å². The van der Waals surface area contributed by atoms with Gasteiger partial charge in [0.2, 0.25) is 0 Å². The summed E-state index contributed by atoms with van der Waals surface area (Å²) < 4.78 is 11.7. The van der Waals surface area contributed by atoms with Crippen LogP contribution in [0, 0.1) is 0 Å². The quantitative estimate of drug-likeness (QED) is 0.263. The molecule has 1 aliphatic carbocycles. The van der Waals surface area contributed by atoms with Gasteiger partial charge in [-0.15, -0.1) is 0 Å². The monoisotopic (exact) mass is 473 g/mol. The van der Waals surface area contributed by atoms with Gasteiger partial charge in [-0.05, 0) is 71.7 Å². The third-order valence-corrected chi connectivity index (χ3v) is 6.80. The zero-order chi connectivity index (χ0) is 24.6. The minimum atomic E-state index is -0.237. The van der Waals surface area contributed by atoms with Crippen LogP contribution in [-0.2, 0) is 16.1 Å². The van der Waals surface area contributed by atoms with Gasteiger partial charge in [-0.1, -0.05) is 61.9 Å². The Hall–Kier alpha value is -3.31. The fourth-order valence-electron chi connectivity index (χ4n) is 4.80. The number of amides is 1. The second kappa shape index (κ2) is 11.9. The number of carbonyl (C=O) groups is 1. The highest BCUT2D eigenvalue weighted by Gasteiger charge is 2.32. The zero-order valence-electron chi connectivity index (χ0n) is 20.9. The summed E-state index contributed by atoms with van der Waals surface area (Å²) in [6, 6.07) is 25.5. The average Bonchev–Trinajstić information content (AvgIpc) is 2.91. The summed E-state index contributed by atoms with van der Waals surface area (Å²) in [6.45, 7) is 2.87. The number of aryl methyl sites for hydroxylation is 1. The second-order valence-electron chi connectivity index (χ2n) is 9.03. The lowest BCUT2D eigenvalue weighted by Gasteiger charge is -2.35. The molecule has 0 radical (unpaired) electrons. The van der Waals surface area contributed by atoms with E-state index < -0.39 is 0 Å². The standard InChI is InChI=1S/C30H35NO4/c1-4-5-19-34-26-16-18-28-24(20-26)13-17-27(22-9-7-6-8-10-22)30(28)23-11-14-25(15-12-23)35-21-29(32)31(2)33-3/h6-12,14-16,18,20,27,30H,4-5,13,17,19,21H2,1-3H3/t27-,30+/m1/s1. The summed E-state index contributed by atoms with van der Waals surface area (Å²) in [7, 11) is 3.03. The van der Waals surface area contributed by atoms with E-state index in [1.807, 2.05) is 12.1 Å².